The van der Waals surface area contributed by atoms with Crippen LogP contribution in [0, 0.1) is 0 Å². The summed E-state index contributed by atoms with van der Waals surface area (Å²) in [5.41, 5.74) is 1.67. The molecule has 1 amide bonds. The Bertz CT molecular complexity index is 782. The molecule has 0 unspecified atom stereocenters. The predicted molar refractivity (Wildman–Crippen MR) is 86.9 cm³/mol. The molecule has 1 aliphatic rings. The summed E-state index contributed by atoms with van der Waals surface area (Å²) >= 11 is 1.69. The summed E-state index contributed by atoms with van der Waals surface area (Å²) in [6.07, 6.45) is 5.32. The van der Waals surface area contributed by atoms with Crippen LogP contribution in [0.1, 0.15) is 34.2 Å². The van der Waals surface area contributed by atoms with Gasteiger partial charge in [-0.2, -0.15) is 0 Å². The Balaban J connectivity index is 1.67. The fourth-order valence-electron chi connectivity index (χ4n) is 2.95. The van der Waals surface area contributed by atoms with Gasteiger partial charge in [-0.1, -0.05) is 12.1 Å². The Kier molecular flexibility index (Phi) is 3.35. The first-order valence-corrected chi connectivity index (χ1v) is 8.21. The van der Waals surface area contributed by atoms with Crippen molar-refractivity contribution in [2.45, 2.75) is 18.9 Å². The number of rotatable bonds is 2. The molecule has 2 aromatic heterocycles. The van der Waals surface area contributed by atoms with Crippen molar-refractivity contribution in [3.05, 3.63) is 59.4 Å². The van der Waals surface area contributed by atoms with Crippen LogP contribution in [-0.4, -0.2) is 27.3 Å². The fraction of sp³-hybridized carbons (Fsp3) is 0.235. The Hall–Kier alpha value is -2.27. The number of amides is 1. The minimum atomic E-state index is 0.0508. The number of para-hydroxylation sites is 1. The van der Waals surface area contributed by atoms with Gasteiger partial charge >= 0.3 is 0 Å². The zero-order valence-corrected chi connectivity index (χ0v) is 12.8. The summed E-state index contributed by atoms with van der Waals surface area (Å²) in [5, 5.41) is 1.04. The Morgan fingerprint density at radius 3 is 2.95 bits per heavy atom. The van der Waals surface area contributed by atoms with E-state index in [4.69, 9.17) is 4.98 Å². The minimum Gasteiger partial charge on any atom is -0.329 e. The van der Waals surface area contributed by atoms with E-state index in [0.717, 1.165) is 29.9 Å². The Morgan fingerprint density at radius 2 is 2.14 bits per heavy atom. The Morgan fingerprint density at radius 1 is 1.23 bits per heavy atom. The van der Waals surface area contributed by atoms with Gasteiger partial charge in [0.05, 0.1) is 21.8 Å². The van der Waals surface area contributed by atoms with E-state index in [9.17, 15) is 4.79 Å². The summed E-state index contributed by atoms with van der Waals surface area (Å²) in [4.78, 5) is 23.4. The largest absolute Gasteiger partial charge is 0.329 e. The number of thiazole rings is 1. The molecule has 0 spiro atoms. The van der Waals surface area contributed by atoms with Crippen LogP contribution in [0.15, 0.2) is 48.8 Å². The first kappa shape index (κ1) is 13.4. The second kappa shape index (κ2) is 5.50. The number of benzene rings is 1. The summed E-state index contributed by atoms with van der Waals surface area (Å²) in [7, 11) is 0. The van der Waals surface area contributed by atoms with E-state index in [1.165, 1.54) is 4.70 Å². The van der Waals surface area contributed by atoms with E-state index in [1.807, 2.05) is 29.2 Å². The van der Waals surface area contributed by atoms with Crippen LogP contribution in [-0.2, 0) is 0 Å². The summed E-state index contributed by atoms with van der Waals surface area (Å²) in [6, 6.07) is 11.8. The minimum absolute atomic E-state index is 0.0508. The third-order valence-electron chi connectivity index (χ3n) is 4.02. The van der Waals surface area contributed by atoms with E-state index < -0.39 is 0 Å². The highest BCUT2D eigenvalue weighted by molar-refractivity contribution is 7.18. The van der Waals surface area contributed by atoms with Crippen molar-refractivity contribution in [1.82, 2.24) is 14.9 Å². The van der Waals surface area contributed by atoms with Crippen LogP contribution in [0.3, 0.4) is 0 Å². The van der Waals surface area contributed by atoms with Crippen molar-refractivity contribution in [3.8, 4) is 0 Å². The number of hydrogen-bond donors (Lipinski definition) is 0. The van der Waals surface area contributed by atoms with Crippen LogP contribution in [0.4, 0.5) is 0 Å². The topological polar surface area (TPSA) is 46.1 Å². The second-order valence-corrected chi connectivity index (χ2v) is 6.48. The van der Waals surface area contributed by atoms with Crippen molar-refractivity contribution in [3.63, 3.8) is 0 Å². The van der Waals surface area contributed by atoms with E-state index in [2.05, 4.69) is 11.1 Å². The standard InChI is InChI=1S/C17H15N3OS/c21-17(12-5-3-9-18-11-12)20-10-4-7-14(20)16-19-13-6-1-2-8-15(13)22-16/h1-3,5-6,8-9,11,14H,4,7,10H2/t14-/m1/s1. The zero-order valence-electron chi connectivity index (χ0n) is 12.0. The molecule has 0 N–H and O–H groups in total. The molecule has 1 atom stereocenters. The van der Waals surface area contributed by atoms with Crippen molar-refractivity contribution in [1.29, 1.82) is 0 Å². The number of carbonyl (C=O) groups is 1. The molecule has 22 heavy (non-hydrogen) atoms. The molecule has 3 heterocycles. The quantitative estimate of drug-likeness (QED) is 0.725. The summed E-state index contributed by atoms with van der Waals surface area (Å²) in [6.45, 7) is 0.786. The molecule has 1 fully saturated rings. The molecule has 110 valence electrons. The van der Waals surface area contributed by atoms with Gasteiger partial charge in [0.2, 0.25) is 0 Å². The van der Waals surface area contributed by atoms with Crippen molar-refractivity contribution < 1.29 is 4.79 Å². The highest BCUT2D eigenvalue weighted by atomic mass is 32.1. The summed E-state index contributed by atoms with van der Waals surface area (Å²) in [5.74, 6) is 0.0508. The first-order chi connectivity index (χ1) is 10.8. The molecule has 1 saturated heterocycles. The number of likely N-dealkylation sites (tertiary alicyclic amines) is 1. The van der Waals surface area contributed by atoms with Gasteiger partial charge in [0, 0.05) is 18.9 Å². The van der Waals surface area contributed by atoms with Crippen molar-refractivity contribution in [2.24, 2.45) is 0 Å². The number of aromatic nitrogens is 2. The average Bonchev–Trinajstić information content (AvgIpc) is 3.21. The van der Waals surface area contributed by atoms with Crippen LogP contribution >= 0.6 is 11.3 Å². The molecular formula is C17H15N3OS. The third-order valence-corrected chi connectivity index (χ3v) is 5.16. The molecule has 5 heteroatoms. The molecule has 4 nitrogen and oxygen atoms in total. The summed E-state index contributed by atoms with van der Waals surface area (Å²) < 4.78 is 1.18. The SMILES string of the molecule is O=C(c1cccnc1)N1CCC[C@@H]1c1nc2ccccc2s1. The first-order valence-electron chi connectivity index (χ1n) is 7.39. The van der Waals surface area contributed by atoms with Crippen LogP contribution < -0.4 is 0 Å². The molecule has 1 aromatic carbocycles. The number of fused-ring (bicyclic) bond motifs is 1. The number of carbonyl (C=O) groups excluding carboxylic acids is 1. The van der Waals surface area contributed by atoms with Gasteiger partial charge in [-0.3, -0.25) is 9.78 Å². The van der Waals surface area contributed by atoms with E-state index >= 15 is 0 Å². The van der Waals surface area contributed by atoms with Gasteiger partial charge in [0.25, 0.3) is 5.91 Å². The molecule has 1 aliphatic heterocycles. The highest BCUT2D eigenvalue weighted by Gasteiger charge is 2.32. The molecular weight excluding hydrogens is 294 g/mol. The molecule has 3 aromatic rings. The molecule has 4 rings (SSSR count). The van der Waals surface area contributed by atoms with Crippen LogP contribution in [0.2, 0.25) is 0 Å². The molecule has 0 aliphatic carbocycles. The lowest BCUT2D eigenvalue weighted by Gasteiger charge is -2.22. The Labute approximate surface area is 132 Å². The van der Waals surface area contributed by atoms with Crippen LogP contribution in [0.5, 0.6) is 0 Å². The van der Waals surface area contributed by atoms with Crippen molar-refractivity contribution in [2.75, 3.05) is 6.54 Å². The monoisotopic (exact) mass is 309 g/mol. The lowest BCUT2D eigenvalue weighted by atomic mass is 10.2. The van der Waals surface area contributed by atoms with Crippen molar-refractivity contribution >= 4 is 27.5 Å². The van der Waals surface area contributed by atoms with Gasteiger partial charge in [-0.25, -0.2) is 4.98 Å². The molecule has 0 radical (unpaired) electrons. The maximum Gasteiger partial charge on any atom is 0.256 e. The number of hydrogen-bond acceptors (Lipinski definition) is 4. The maximum atomic E-state index is 12.7. The number of pyridine rings is 1. The lowest BCUT2D eigenvalue weighted by molar-refractivity contribution is 0.0735. The van der Waals surface area contributed by atoms with Crippen LogP contribution in [0.25, 0.3) is 10.2 Å². The van der Waals surface area contributed by atoms with E-state index in [1.54, 1.807) is 29.8 Å². The zero-order chi connectivity index (χ0) is 14.9. The maximum absolute atomic E-state index is 12.7. The molecule has 0 bridgehead atoms. The van der Waals surface area contributed by atoms with Gasteiger partial charge in [0.15, 0.2) is 0 Å². The van der Waals surface area contributed by atoms with Gasteiger partial charge in [-0.05, 0) is 37.1 Å². The van der Waals surface area contributed by atoms with E-state index in [-0.39, 0.29) is 11.9 Å². The van der Waals surface area contributed by atoms with Gasteiger partial charge in [-0.15, -0.1) is 11.3 Å². The molecule has 0 saturated carbocycles. The van der Waals surface area contributed by atoms with E-state index in [0.29, 0.717) is 5.56 Å². The third kappa shape index (κ3) is 2.27. The van der Waals surface area contributed by atoms with Gasteiger partial charge in [0.1, 0.15) is 5.01 Å². The fourth-order valence-corrected chi connectivity index (χ4v) is 4.07. The van der Waals surface area contributed by atoms with Gasteiger partial charge < -0.3 is 4.90 Å². The normalized spacial score (nSPS) is 18.0. The highest BCUT2D eigenvalue weighted by Crippen LogP contribution is 2.37. The predicted octanol–water partition coefficient (Wildman–Crippen LogP) is 3.67. The lowest BCUT2D eigenvalue weighted by Crippen LogP contribution is -2.30. The number of nitrogens with zero attached hydrogens (tertiary/aromatic N) is 3. The second-order valence-electron chi connectivity index (χ2n) is 5.42. The smallest absolute Gasteiger partial charge is 0.256 e. The average molecular weight is 309 g/mol.